The number of halogens is 3. The first-order valence-electron chi connectivity index (χ1n) is 9.29. The molecule has 0 fully saturated rings. The molecular weight excluding hydrogens is 419 g/mol. The van der Waals surface area contributed by atoms with Gasteiger partial charge in [0.25, 0.3) is 0 Å². The third-order valence-corrected chi connectivity index (χ3v) is 5.73. The Morgan fingerprint density at radius 2 is 1.73 bits per heavy atom. The number of hydrogen-bond donors (Lipinski definition) is 2. The highest BCUT2D eigenvalue weighted by Crippen LogP contribution is 2.30. The minimum absolute atomic E-state index is 0.368. The van der Waals surface area contributed by atoms with Crippen molar-refractivity contribution in [1.29, 1.82) is 0 Å². The molecule has 0 aliphatic carbocycles. The number of rotatable bonds is 10. The van der Waals surface area contributed by atoms with Gasteiger partial charge in [-0.15, -0.1) is 0 Å². The van der Waals surface area contributed by atoms with Crippen molar-refractivity contribution >= 4 is 21.6 Å². The van der Waals surface area contributed by atoms with Crippen LogP contribution in [0.4, 0.5) is 18.9 Å². The lowest BCUT2D eigenvalue weighted by molar-refractivity contribution is -0.137. The number of alkyl halides is 3. The number of nitrogens with zero attached hydrogens (tertiary/aromatic N) is 1. The third kappa shape index (κ3) is 7.34. The minimum Gasteiger partial charge on any atom is -0.375 e. The van der Waals surface area contributed by atoms with E-state index in [1.54, 1.807) is 0 Å². The largest absolute Gasteiger partial charge is 0.416 e. The van der Waals surface area contributed by atoms with Crippen molar-refractivity contribution in [3.05, 3.63) is 60.2 Å². The summed E-state index contributed by atoms with van der Waals surface area (Å²) in [5.41, 5.74) is 0.0147. The highest BCUT2D eigenvalue weighted by atomic mass is 32.2. The normalized spacial score (nSPS) is 11.9. The van der Waals surface area contributed by atoms with Crippen LogP contribution in [0, 0.1) is 0 Å². The molecule has 30 heavy (non-hydrogen) atoms. The van der Waals surface area contributed by atoms with Gasteiger partial charge in [0.05, 0.1) is 17.0 Å². The lowest BCUT2D eigenvalue weighted by Crippen LogP contribution is -2.37. The minimum atomic E-state index is -4.66. The molecule has 10 heteroatoms. The van der Waals surface area contributed by atoms with Crippen LogP contribution in [0.1, 0.15) is 18.4 Å². The number of para-hydroxylation sites is 1. The van der Waals surface area contributed by atoms with Gasteiger partial charge in [-0.2, -0.15) is 13.2 Å². The van der Waals surface area contributed by atoms with Crippen molar-refractivity contribution in [2.45, 2.75) is 23.9 Å². The van der Waals surface area contributed by atoms with E-state index in [1.165, 1.54) is 0 Å². The van der Waals surface area contributed by atoms with Gasteiger partial charge in [-0.05, 0) is 43.2 Å². The molecule has 0 aliphatic heterocycles. The van der Waals surface area contributed by atoms with Crippen molar-refractivity contribution in [2.75, 3.05) is 31.6 Å². The molecule has 164 valence electrons. The van der Waals surface area contributed by atoms with Gasteiger partial charge < -0.3 is 10.2 Å². The predicted molar refractivity (Wildman–Crippen MR) is 109 cm³/mol. The maximum absolute atomic E-state index is 12.7. The molecule has 0 aromatic heterocycles. The van der Waals surface area contributed by atoms with Crippen LogP contribution in [-0.4, -0.2) is 41.0 Å². The summed E-state index contributed by atoms with van der Waals surface area (Å²) in [5.74, 6) is -0.554. The summed E-state index contributed by atoms with van der Waals surface area (Å²) in [6.07, 6.45) is -3.14. The number of hydrogen-bond acceptors (Lipinski definition) is 4. The van der Waals surface area contributed by atoms with Gasteiger partial charge in [-0.3, -0.25) is 4.79 Å². The van der Waals surface area contributed by atoms with Gasteiger partial charge >= 0.3 is 6.18 Å². The summed E-state index contributed by atoms with van der Waals surface area (Å²) in [7, 11) is -2.26. The van der Waals surface area contributed by atoms with Crippen LogP contribution < -0.4 is 14.9 Å². The second-order valence-electron chi connectivity index (χ2n) is 6.66. The molecule has 0 spiro atoms. The van der Waals surface area contributed by atoms with E-state index in [4.69, 9.17) is 0 Å². The first kappa shape index (κ1) is 23.7. The second kappa shape index (κ2) is 10.4. The zero-order valence-electron chi connectivity index (χ0n) is 16.4. The lowest BCUT2D eigenvalue weighted by atomic mass is 10.2. The Morgan fingerprint density at radius 1 is 1.03 bits per heavy atom. The average Bonchev–Trinajstić information content (AvgIpc) is 2.72. The molecule has 2 N–H and O–H groups in total. The quantitative estimate of drug-likeness (QED) is 0.554. The van der Waals surface area contributed by atoms with Crippen molar-refractivity contribution in [3.63, 3.8) is 0 Å². The summed E-state index contributed by atoms with van der Waals surface area (Å²) in [6, 6.07) is 13.2. The standard InChI is InChI=1S/C20H24F3N3O3S/c1-26(17-9-3-2-4-10-17)13-6-5-12-24-19(27)15-25-30(28,29)18-11-7-8-16(14-18)20(21,22)23/h2-4,7-11,14,25H,5-6,12-13,15H2,1H3,(H,24,27). The van der Waals surface area contributed by atoms with Crippen LogP contribution in [0.3, 0.4) is 0 Å². The molecule has 0 atom stereocenters. The van der Waals surface area contributed by atoms with Crippen LogP contribution in [-0.2, 0) is 21.0 Å². The fourth-order valence-electron chi connectivity index (χ4n) is 2.66. The van der Waals surface area contributed by atoms with Crippen molar-refractivity contribution < 1.29 is 26.4 Å². The Labute approximate surface area is 174 Å². The van der Waals surface area contributed by atoms with E-state index in [2.05, 4.69) is 10.2 Å². The van der Waals surface area contributed by atoms with Gasteiger partial charge in [-0.1, -0.05) is 24.3 Å². The molecule has 0 saturated carbocycles. The smallest absolute Gasteiger partial charge is 0.375 e. The van der Waals surface area contributed by atoms with E-state index in [1.807, 2.05) is 42.1 Å². The van der Waals surface area contributed by atoms with Gasteiger partial charge in [0.2, 0.25) is 15.9 Å². The van der Waals surface area contributed by atoms with E-state index < -0.39 is 39.1 Å². The highest BCUT2D eigenvalue weighted by Gasteiger charge is 2.31. The zero-order chi connectivity index (χ0) is 22.2. The van der Waals surface area contributed by atoms with Gasteiger partial charge in [0.1, 0.15) is 0 Å². The molecule has 0 saturated heterocycles. The molecule has 1 amide bonds. The number of carbonyl (C=O) groups is 1. The Bertz CT molecular complexity index is 935. The van der Waals surface area contributed by atoms with Gasteiger partial charge in [0.15, 0.2) is 0 Å². The molecule has 0 aliphatic rings. The maximum atomic E-state index is 12.7. The van der Waals surface area contributed by atoms with Crippen molar-refractivity contribution in [1.82, 2.24) is 10.0 Å². The van der Waals surface area contributed by atoms with Crippen molar-refractivity contribution in [3.8, 4) is 0 Å². The maximum Gasteiger partial charge on any atom is 0.416 e. The lowest BCUT2D eigenvalue weighted by Gasteiger charge is -2.19. The molecule has 2 aromatic carbocycles. The average molecular weight is 443 g/mol. The monoisotopic (exact) mass is 443 g/mol. The number of amides is 1. The van der Waals surface area contributed by atoms with Crippen LogP contribution in [0.25, 0.3) is 0 Å². The Balaban J connectivity index is 1.72. The molecule has 2 rings (SSSR count). The first-order valence-corrected chi connectivity index (χ1v) is 10.8. The number of anilines is 1. The van der Waals surface area contributed by atoms with E-state index in [-0.39, 0.29) is 0 Å². The molecule has 0 bridgehead atoms. The summed E-state index contributed by atoms with van der Waals surface area (Å²) in [5, 5.41) is 2.59. The summed E-state index contributed by atoms with van der Waals surface area (Å²) < 4.78 is 64.5. The Morgan fingerprint density at radius 3 is 2.40 bits per heavy atom. The molecular formula is C20H24F3N3O3S. The SMILES string of the molecule is CN(CCCCNC(=O)CNS(=O)(=O)c1cccc(C(F)(F)F)c1)c1ccccc1. The second-order valence-corrected chi connectivity index (χ2v) is 8.43. The Kier molecular flexibility index (Phi) is 8.24. The van der Waals surface area contributed by atoms with Crippen LogP contribution in [0.15, 0.2) is 59.5 Å². The molecule has 2 aromatic rings. The first-order chi connectivity index (χ1) is 14.1. The topological polar surface area (TPSA) is 78.5 Å². The van der Waals surface area contributed by atoms with E-state index >= 15 is 0 Å². The molecule has 0 radical (unpaired) electrons. The van der Waals surface area contributed by atoms with Gasteiger partial charge in [-0.25, -0.2) is 13.1 Å². The predicted octanol–water partition coefficient (Wildman–Crippen LogP) is 3.02. The highest BCUT2D eigenvalue weighted by molar-refractivity contribution is 7.89. The summed E-state index contributed by atoms with van der Waals surface area (Å²) >= 11 is 0. The third-order valence-electron chi connectivity index (χ3n) is 4.33. The number of unbranched alkanes of at least 4 members (excludes halogenated alkanes) is 1. The fraction of sp³-hybridized carbons (Fsp3) is 0.350. The zero-order valence-corrected chi connectivity index (χ0v) is 17.3. The fourth-order valence-corrected chi connectivity index (χ4v) is 3.69. The van der Waals surface area contributed by atoms with Crippen LogP contribution in [0.2, 0.25) is 0 Å². The number of nitrogens with one attached hydrogen (secondary N) is 2. The van der Waals surface area contributed by atoms with E-state index in [0.29, 0.717) is 19.0 Å². The van der Waals surface area contributed by atoms with Crippen molar-refractivity contribution in [2.24, 2.45) is 0 Å². The number of carbonyl (C=O) groups excluding carboxylic acids is 1. The molecule has 0 heterocycles. The van der Waals surface area contributed by atoms with E-state index in [9.17, 15) is 26.4 Å². The van der Waals surface area contributed by atoms with Crippen LogP contribution >= 0.6 is 0 Å². The molecule has 6 nitrogen and oxygen atoms in total. The molecule has 0 unspecified atom stereocenters. The summed E-state index contributed by atoms with van der Waals surface area (Å²) in [6.45, 7) is 0.608. The Hall–Kier alpha value is -2.59. The van der Waals surface area contributed by atoms with Crippen LogP contribution in [0.5, 0.6) is 0 Å². The number of sulfonamides is 1. The van der Waals surface area contributed by atoms with Gasteiger partial charge in [0, 0.05) is 25.8 Å². The number of benzene rings is 2. The summed E-state index contributed by atoms with van der Waals surface area (Å²) in [4.78, 5) is 13.4. The van der Waals surface area contributed by atoms with E-state index in [0.717, 1.165) is 36.9 Å².